The largest absolute Gasteiger partial charge is 0.332 e. The first-order valence-corrected chi connectivity index (χ1v) is 9.75. The van der Waals surface area contributed by atoms with E-state index in [1.807, 2.05) is 29.0 Å². The molecule has 29 heavy (non-hydrogen) atoms. The molecule has 0 bridgehead atoms. The second-order valence-electron chi connectivity index (χ2n) is 6.48. The number of thiophene rings is 1. The van der Waals surface area contributed by atoms with Gasteiger partial charge in [-0.3, -0.25) is 4.79 Å². The molecule has 1 aromatic carbocycles. The minimum atomic E-state index is -0.198. The fourth-order valence-electron chi connectivity index (χ4n) is 3.18. The van der Waals surface area contributed by atoms with Gasteiger partial charge in [0.15, 0.2) is 11.4 Å². The number of benzene rings is 1. The van der Waals surface area contributed by atoms with Gasteiger partial charge in [-0.2, -0.15) is 21.6 Å². The highest BCUT2D eigenvalue weighted by molar-refractivity contribution is 7.08. The van der Waals surface area contributed by atoms with Gasteiger partial charge < -0.3 is 9.42 Å². The molecule has 4 heterocycles. The summed E-state index contributed by atoms with van der Waals surface area (Å²) in [4.78, 5) is 19.2. The Morgan fingerprint density at radius 2 is 2.07 bits per heavy atom. The lowest BCUT2D eigenvalue weighted by atomic mass is 10.1. The van der Waals surface area contributed by atoms with E-state index in [0.29, 0.717) is 36.7 Å². The molecule has 1 aliphatic heterocycles. The first-order valence-electron chi connectivity index (χ1n) is 8.81. The third kappa shape index (κ3) is 3.07. The Kier molecular flexibility index (Phi) is 4.14. The Labute approximate surface area is 168 Å². The van der Waals surface area contributed by atoms with Gasteiger partial charge in [-0.25, -0.2) is 4.68 Å². The van der Waals surface area contributed by atoms with Crippen molar-refractivity contribution >= 4 is 17.2 Å². The third-order valence-corrected chi connectivity index (χ3v) is 5.35. The van der Waals surface area contributed by atoms with Gasteiger partial charge >= 0.3 is 0 Å². The number of nitriles is 1. The van der Waals surface area contributed by atoms with Crippen molar-refractivity contribution in [3.05, 3.63) is 57.9 Å². The van der Waals surface area contributed by atoms with E-state index in [9.17, 15) is 4.79 Å². The van der Waals surface area contributed by atoms with Crippen molar-refractivity contribution in [3.8, 4) is 29.0 Å². The van der Waals surface area contributed by atoms with Crippen LogP contribution in [-0.4, -0.2) is 42.5 Å². The Morgan fingerprint density at radius 1 is 1.21 bits per heavy atom. The van der Waals surface area contributed by atoms with Crippen LogP contribution in [0.4, 0.5) is 0 Å². The van der Waals surface area contributed by atoms with E-state index in [-0.39, 0.29) is 17.5 Å². The number of aromatic nitrogens is 5. The van der Waals surface area contributed by atoms with Crippen molar-refractivity contribution in [1.29, 1.82) is 5.26 Å². The summed E-state index contributed by atoms with van der Waals surface area (Å²) in [5.74, 6) is 0.414. The molecule has 0 unspecified atom stereocenters. The molecule has 0 atom stereocenters. The van der Waals surface area contributed by atoms with Crippen LogP contribution in [0.2, 0.25) is 0 Å². The summed E-state index contributed by atoms with van der Waals surface area (Å²) in [5.41, 5.74) is 3.00. The van der Waals surface area contributed by atoms with Crippen molar-refractivity contribution in [3.63, 3.8) is 0 Å². The average molecular weight is 403 g/mol. The lowest BCUT2D eigenvalue weighted by Crippen LogP contribution is -2.40. The Morgan fingerprint density at radius 3 is 2.83 bits per heavy atom. The van der Waals surface area contributed by atoms with Crippen LogP contribution in [0.25, 0.3) is 23.0 Å². The van der Waals surface area contributed by atoms with Crippen LogP contribution in [0.1, 0.15) is 21.6 Å². The summed E-state index contributed by atoms with van der Waals surface area (Å²) in [7, 11) is 0. The second kappa shape index (κ2) is 6.96. The molecule has 0 saturated carbocycles. The van der Waals surface area contributed by atoms with Gasteiger partial charge in [-0.1, -0.05) is 22.5 Å². The minimum Gasteiger partial charge on any atom is -0.332 e. The molecule has 0 N–H and O–H groups in total. The van der Waals surface area contributed by atoms with Crippen LogP contribution >= 0.6 is 11.3 Å². The molecule has 10 heteroatoms. The Balaban J connectivity index is 1.43. The molecule has 0 radical (unpaired) electrons. The van der Waals surface area contributed by atoms with Gasteiger partial charge in [0, 0.05) is 24.0 Å². The summed E-state index contributed by atoms with van der Waals surface area (Å²) in [5, 5.41) is 24.9. The van der Waals surface area contributed by atoms with Gasteiger partial charge in [-0.15, -0.1) is 5.10 Å². The van der Waals surface area contributed by atoms with Gasteiger partial charge in [0.25, 0.3) is 11.8 Å². The fourth-order valence-corrected chi connectivity index (χ4v) is 3.81. The van der Waals surface area contributed by atoms with Crippen molar-refractivity contribution in [2.45, 2.75) is 13.1 Å². The van der Waals surface area contributed by atoms with E-state index in [1.54, 1.807) is 21.7 Å². The van der Waals surface area contributed by atoms with Gasteiger partial charge in [-0.05, 0) is 29.1 Å². The zero-order valence-corrected chi connectivity index (χ0v) is 15.8. The summed E-state index contributed by atoms with van der Waals surface area (Å²) in [6, 6.07) is 11.2. The molecule has 5 rings (SSSR count). The SMILES string of the molecule is N#Cc1ccc(CN2CCn3nnc(-c4nc(-c5ccsc5)no4)c3C2=O)cc1. The summed E-state index contributed by atoms with van der Waals surface area (Å²) in [6.45, 7) is 1.47. The average Bonchev–Trinajstić information content (AvgIpc) is 3.50. The van der Waals surface area contributed by atoms with Gasteiger partial charge in [0.1, 0.15) is 0 Å². The van der Waals surface area contributed by atoms with Gasteiger partial charge in [0.05, 0.1) is 18.2 Å². The minimum absolute atomic E-state index is 0.168. The number of nitrogens with zero attached hydrogens (tertiary/aromatic N) is 7. The normalized spacial score (nSPS) is 13.3. The zero-order chi connectivity index (χ0) is 19.8. The van der Waals surface area contributed by atoms with Crippen LogP contribution < -0.4 is 0 Å². The zero-order valence-electron chi connectivity index (χ0n) is 15.0. The van der Waals surface area contributed by atoms with Crippen LogP contribution in [-0.2, 0) is 13.1 Å². The smallest absolute Gasteiger partial charge is 0.281 e. The van der Waals surface area contributed by atoms with Crippen LogP contribution in [0.3, 0.4) is 0 Å². The van der Waals surface area contributed by atoms with E-state index in [4.69, 9.17) is 9.78 Å². The standard InChI is InChI=1S/C19H13N7O2S/c20-9-12-1-3-13(4-2-12)10-25-6-7-26-16(19(25)27)15(22-24-26)18-21-17(23-28-18)14-5-8-29-11-14/h1-5,8,11H,6-7,10H2. The Hall–Kier alpha value is -3.84. The number of carbonyl (C=O) groups excluding carboxylic acids is 1. The monoisotopic (exact) mass is 403 g/mol. The number of hydrogen-bond acceptors (Lipinski definition) is 8. The highest BCUT2D eigenvalue weighted by atomic mass is 32.1. The lowest BCUT2D eigenvalue weighted by molar-refractivity contribution is 0.0684. The molecule has 1 aliphatic rings. The first-order chi connectivity index (χ1) is 14.2. The number of carbonyl (C=O) groups is 1. The quantitative estimate of drug-likeness (QED) is 0.514. The summed E-state index contributed by atoms with van der Waals surface area (Å²) < 4.78 is 6.92. The summed E-state index contributed by atoms with van der Waals surface area (Å²) >= 11 is 1.54. The van der Waals surface area contributed by atoms with Crippen LogP contribution in [0.5, 0.6) is 0 Å². The maximum absolute atomic E-state index is 13.1. The summed E-state index contributed by atoms with van der Waals surface area (Å²) in [6.07, 6.45) is 0. The molecule has 9 nitrogen and oxygen atoms in total. The fraction of sp³-hybridized carbons (Fsp3) is 0.158. The van der Waals surface area contributed by atoms with Crippen molar-refractivity contribution in [2.75, 3.05) is 6.54 Å². The van der Waals surface area contributed by atoms with Crippen molar-refractivity contribution in [1.82, 2.24) is 30.0 Å². The highest BCUT2D eigenvalue weighted by Crippen LogP contribution is 2.27. The predicted octanol–water partition coefficient (Wildman–Crippen LogP) is 2.58. The van der Waals surface area contributed by atoms with Crippen molar-refractivity contribution in [2.24, 2.45) is 0 Å². The van der Waals surface area contributed by atoms with Crippen molar-refractivity contribution < 1.29 is 9.32 Å². The number of amides is 1. The number of hydrogen-bond donors (Lipinski definition) is 0. The maximum atomic E-state index is 13.1. The maximum Gasteiger partial charge on any atom is 0.281 e. The molecule has 142 valence electrons. The second-order valence-corrected chi connectivity index (χ2v) is 7.26. The van der Waals surface area contributed by atoms with E-state index in [1.165, 1.54) is 11.3 Å². The molecule has 0 spiro atoms. The van der Waals surface area contributed by atoms with Crippen LogP contribution in [0, 0.1) is 11.3 Å². The molecule has 0 aliphatic carbocycles. The predicted molar refractivity (Wildman–Crippen MR) is 103 cm³/mol. The third-order valence-electron chi connectivity index (χ3n) is 4.67. The molecule has 3 aromatic heterocycles. The van der Waals surface area contributed by atoms with E-state index in [2.05, 4.69) is 26.5 Å². The number of rotatable bonds is 4. The number of fused-ring (bicyclic) bond motifs is 1. The van der Waals surface area contributed by atoms with Gasteiger partial charge in [0.2, 0.25) is 5.82 Å². The van der Waals surface area contributed by atoms with E-state index in [0.717, 1.165) is 11.1 Å². The van der Waals surface area contributed by atoms with E-state index >= 15 is 0 Å². The first kappa shape index (κ1) is 17.3. The highest BCUT2D eigenvalue weighted by Gasteiger charge is 2.32. The molecular weight excluding hydrogens is 390 g/mol. The molecular formula is C19H13N7O2S. The molecule has 0 saturated heterocycles. The van der Waals surface area contributed by atoms with Crippen LogP contribution in [0.15, 0.2) is 45.6 Å². The molecule has 0 fully saturated rings. The lowest BCUT2D eigenvalue weighted by Gasteiger charge is -2.27. The van der Waals surface area contributed by atoms with E-state index < -0.39 is 0 Å². The topological polar surface area (TPSA) is 114 Å². The Bertz CT molecular complexity index is 1220. The molecule has 1 amide bonds. The molecule has 4 aromatic rings.